The summed E-state index contributed by atoms with van der Waals surface area (Å²) in [6.07, 6.45) is 4.21. The van der Waals surface area contributed by atoms with Crippen molar-refractivity contribution in [2.45, 2.75) is 42.5 Å². The van der Waals surface area contributed by atoms with Gasteiger partial charge in [0.2, 0.25) is 10.0 Å². The van der Waals surface area contributed by atoms with Crippen LogP contribution in [0.15, 0.2) is 53.6 Å². The van der Waals surface area contributed by atoms with E-state index in [1.807, 2.05) is 0 Å². The second-order valence-corrected chi connectivity index (χ2v) is 11.6. The number of anilines is 1. The molecule has 3 N–H and O–H groups in total. The molecule has 206 valence electrons. The molecule has 0 spiro atoms. The van der Waals surface area contributed by atoms with Crippen molar-refractivity contribution < 1.29 is 26.7 Å². The molecule has 0 radical (unpaired) electrons. The predicted octanol–water partition coefficient (Wildman–Crippen LogP) is 3.48. The Bertz CT molecular complexity index is 1480. The normalized spacial score (nSPS) is 19.1. The van der Waals surface area contributed by atoms with Gasteiger partial charge in [-0.3, -0.25) is 4.79 Å². The Labute approximate surface area is 225 Å². The minimum atomic E-state index is -4.09. The number of nitrogens with one attached hydrogen (secondary N) is 1. The number of aromatic nitrogens is 2. The van der Waals surface area contributed by atoms with E-state index in [0.717, 1.165) is 28.9 Å². The van der Waals surface area contributed by atoms with Crippen LogP contribution in [0.4, 0.5) is 14.6 Å². The van der Waals surface area contributed by atoms with E-state index >= 15 is 4.39 Å². The highest BCUT2D eigenvalue weighted by Crippen LogP contribution is 2.30. The van der Waals surface area contributed by atoms with Gasteiger partial charge < -0.3 is 15.8 Å². The van der Waals surface area contributed by atoms with Crippen LogP contribution >= 0.6 is 0 Å². The lowest BCUT2D eigenvalue weighted by Gasteiger charge is -2.32. The molecule has 39 heavy (non-hydrogen) atoms. The zero-order chi connectivity index (χ0) is 27.6. The Morgan fingerprint density at radius 3 is 2.59 bits per heavy atom. The molecule has 0 saturated carbocycles. The van der Waals surface area contributed by atoms with Crippen LogP contribution in [0.3, 0.4) is 0 Å². The van der Waals surface area contributed by atoms with Gasteiger partial charge in [-0.1, -0.05) is 18.2 Å². The summed E-state index contributed by atoms with van der Waals surface area (Å²) in [7, 11) is -4.09. The van der Waals surface area contributed by atoms with Crippen LogP contribution in [-0.2, 0) is 14.8 Å². The number of nitrogens with zero attached hydrogens (tertiary/aromatic N) is 3. The first-order valence-corrected chi connectivity index (χ1v) is 14.2. The molecule has 1 atom stereocenters. The van der Waals surface area contributed by atoms with Gasteiger partial charge in [-0.25, -0.2) is 27.2 Å². The van der Waals surface area contributed by atoms with Crippen molar-refractivity contribution in [3.63, 3.8) is 0 Å². The molecule has 3 heterocycles. The number of hydrogen-bond acceptors (Lipinski definition) is 7. The Balaban J connectivity index is 1.30. The molecule has 1 amide bonds. The van der Waals surface area contributed by atoms with Crippen molar-refractivity contribution >= 4 is 21.7 Å². The fourth-order valence-electron chi connectivity index (χ4n) is 5.00. The summed E-state index contributed by atoms with van der Waals surface area (Å²) in [5, 5.41) is 2.72. The van der Waals surface area contributed by atoms with Crippen LogP contribution in [-0.4, -0.2) is 60.9 Å². The lowest BCUT2D eigenvalue weighted by molar-refractivity contribution is 0.0844. The smallest absolute Gasteiger partial charge is 0.254 e. The predicted molar refractivity (Wildman–Crippen MR) is 140 cm³/mol. The van der Waals surface area contributed by atoms with Crippen molar-refractivity contribution in [3.05, 3.63) is 71.6 Å². The van der Waals surface area contributed by atoms with Gasteiger partial charge in [0.25, 0.3) is 5.91 Å². The number of hydrogen-bond donors (Lipinski definition) is 2. The highest BCUT2D eigenvalue weighted by molar-refractivity contribution is 7.89. The molecule has 0 aliphatic carbocycles. The summed E-state index contributed by atoms with van der Waals surface area (Å²) in [5.74, 6) is -1.95. The van der Waals surface area contributed by atoms with E-state index in [4.69, 9.17) is 10.5 Å². The average Bonchev–Trinajstić information content (AvgIpc) is 2.94. The molecule has 1 aromatic heterocycles. The first kappa shape index (κ1) is 27.1. The number of nitrogen functional groups attached to an aromatic ring is 1. The molecule has 1 unspecified atom stereocenters. The first-order valence-electron chi connectivity index (χ1n) is 12.8. The minimum Gasteiger partial charge on any atom is -0.382 e. The van der Waals surface area contributed by atoms with Crippen LogP contribution in [0.25, 0.3) is 11.3 Å². The van der Waals surface area contributed by atoms with Gasteiger partial charge >= 0.3 is 0 Å². The third-order valence-corrected chi connectivity index (χ3v) is 9.02. The Kier molecular flexibility index (Phi) is 7.87. The largest absolute Gasteiger partial charge is 0.382 e. The molecule has 0 bridgehead atoms. The van der Waals surface area contributed by atoms with E-state index in [1.54, 1.807) is 12.3 Å². The summed E-state index contributed by atoms with van der Waals surface area (Å²) in [4.78, 5) is 21.4. The first-order chi connectivity index (χ1) is 18.7. The number of sulfonamides is 1. The van der Waals surface area contributed by atoms with Crippen LogP contribution in [0, 0.1) is 11.6 Å². The molecule has 2 aliphatic heterocycles. The van der Waals surface area contributed by atoms with Crippen LogP contribution in [0.1, 0.15) is 47.7 Å². The van der Waals surface area contributed by atoms with E-state index in [9.17, 15) is 17.6 Å². The van der Waals surface area contributed by atoms with E-state index in [2.05, 4.69) is 15.3 Å². The van der Waals surface area contributed by atoms with E-state index in [-0.39, 0.29) is 30.4 Å². The lowest BCUT2D eigenvalue weighted by Crippen LogP contribution is -2.49. The number of carbonyl (C=O) groups excluding carboxylic acids is 1. The Morgan fingerprint density at radius 2 is 1.85 bits per heavy atom. The third-order valence-electron chi connectivity index (χ3n) is 7.12. The van der Waals surface area contributed by atoms with Gasteiger partial charge in [-0.15, -0.1) is 0 Å². The summed E-state index contributed by atoms with van der Waals surface area (Å²) in [5.41, 5.74) is 7.34. The molecule has 2 fully saturated rings. The topological polar surface area (TPSA) is 128 Å². The van der Waals surface area contributed by atoms with E-state index in [0.29, 0.717) is 37.3 Å². The second kappa shape index (κ2) is 11.3. The van der Waals surface area contributed by atoms with E-state index < -0.39 is 38.5 Å². The zero-order valence-corrected chi connectivity index (χ0v) is 22.0. The number of amides is 1. The SMILES string of the molecule is Nc1ncc(C2CCOCC2)nc1-c1ccc(C(=O)NC2CCCN(S(=O)(=O)c3ccccc3F)C2)c(F)c1. The molecular formula is C27H29F2N5O4S. The molecule has 2 aliphatic rings. The van der Waals surface area contributed by atoms with Crippen molar-refractivity contribution in [3.8, 4) is 11.3 Å². The van der Waals surface area contributed by atoms with Crippen molar-refractivity contribution in [2.24, 2.45) is 0 Å². The zero-order valence-electron chi connectivity index (χ0n) is 21.1. The van der Waals surface area contributed by atoms with Gasteiger partial charge in [-0.05, 0) is 49.9 Å². The van der Waals surface area contributed by atoms with Crippen LogP contribution < -0.4 is 11.1 Å². The van der Waals surface area contributed by atoms with Crippen LogP contribution in [0.2, 0.25) is 0 Å². The maximum Gasteiger partial charge on any atom is 0.254 e. The molecule has 9 nitrogen and oxygen atoms in total. The van der Waals surface area contributed by atoms with Crippen LogP contribution in [0.5, 0.6) is 0 Å². The fraction of sp³-hybridized carbons (Fsp3) is 0.370. The number of benzene rings is 2. The van der Waals surface area contributed by atoms with Gasteiger partial charge in [0.1, 0.15) is 28.0 Å². The number of rotatable bonds is 6. The Morgan fingerprint density at radius 1 is 1.08 bits per heavy atom. The minimum absolute atomic E-state index is 0.0484. The van der Waals surface area contributed by atoms with Crippen molar-refractivity contribution in [2.75, 3.05) is 32.0 Å². The molecule has 3 aromatic rings. The number of piperidine rings is 1. The number of carbonyl (C=O) groups is 1. The molecular weight excluding hydrogens is 528 g/mol. The lowest BCUT2D eigenvalue weighted by atomic mass is 9.96. The standard InChI is InChI=1S/C27H29F2N5O4S/c28-21-5-1-2-6-24(21)39(36,37)34-11-3-4-19(16-34)32-27(35)20-8-7-18(14-22(20)29)25-26(30)31-15-23(33-25)17-9-12-38-13-10-17/h1-2,5-8,14-15,17,19H,3-4,9-13,16H2,(H2,30,31)(H,32,35). The fourth-order valence-corrected chi connectivity index (χ4v) is 6.58. The van der Waals surface area contributed by atoms with Gasteiger partial charge in [0.05, 0.1) is 17.5 Å². The van der Waals surface area contributed by atoms with Crippen molar-refractivity contribution in [1.82, 2.24) is 19.6 Å². The number of halogens is 2. The monoisotopic (exact) mass is 557 g/mol. The quantitative estimate of drug-likeness (QED) is 0.475. The number of ether oxygens (including phenoxy) is 1. The van der Waals surface area contributed by atoms with E-state index in [1.165, 1.54) is 30.3 Å². The highest BCUT2D eigenvalue weighted by atomic mass is 32.2. The second-order valence-electron chi connectivity index (χ2n) is 9.72. The molecule has 2 aromatic carbocycles. The molecule has 5 rings (SSSR count). The van der Waals surface area contributed by atoms with Gasteiger partial charge in [-0.2, -0.15) is 4.31 Å². The Hall–Kier alpha value is -3.48. The molecule has 2 saturated heterocycles. The third kappa shape index (κ3) is 5.77. The summed E-state index contributed by atoms with van der Waals surface area (Å²) in [6, 6.07) is 8.69. The maximum absolute atomic E-state index is 15.1. The number of nitrogens with two attached hydrogens (primary N) is 1. The van der Waals surface area contributed by atoms with Gasteiger partial charge in [0, 0.05) is 43.8 Å². The highest BCUT2D eigenvalue weighted by Gasteiger charge is 2.33. The summed E-state index contributed by atoms with van der Waals surface area (Å²) < 4.78 is 61.8. The summed E-state index contributed by atoms with van der Waals surface area (Å²) in [6.45, 7) is 1.42. The van der Waals surface area contributed by atoms with Gasteiger partial charge in [0.15, 0.2) is 0 Å². The average molecular weight is 558 g/mol. The summed E-state index contributed by atoms with van der Waals surface area (Å²) >= 11 is 0. The van der Waals surface area contributed by atoms with Crippen molar-refractivity contribution in [1.29, 1.82) is 0 Å². The maximum atomic E-state index is 15.1. The molecule has 12 heteroatoms.